The van der Waals surface area contributed by atoms with E-state index in [1.165, 1.54) is 16.2 Å². The molecule has 3 rings (SSSR count). The molecule has 2 aromatic heterocycles. The summed E-state index contributed by atoms with van der Waals surface area (Å²) < 4.78 is 19.6. The summed E-state index contributed by atoms with van der Waals surface area (Å²) in [5.41, 5.74) is -1.02. The van der Waals surface area contributed by atoms with Gasteiger partial charge in [-0.05, 0) is 18.4 Å². The fourth-order valence-corrected chi connectivity index (χ4v) is 3.15. The van der Waals surface area contributed by atoms with Crippen LogP contribution in [0.4, 0.5) is 4.39 Å². The Labute approximate surface area is 135 Å². The lowest BCUT2D eigenvalue weighted by Crippen LogP contribution is -2.39. The van der Waals surface area contributed by atoms with Gasteiger partial charge in [0.05, 0.1) is 18.7 Å². The molecule has 0 aromatic carbocycles. The van der Waals surface area contributed by atoms with Crippen LogP contribution < -0.4 is 0 Å². The molecule has 1 aliphatic heterocycles. The molecule has 1 saturated heterocycles. The Morgan fingerprint density at radius 2 is 2.35 bits per heavy atom. The van der Waals surface area contributed by atoms with Crippen LogP contribution in [0.1, 0.15) is 17.9 Å². The smallest absolute Gasteiger partial charge is 0.343 e. The Bertz CT molecular complexity index is 743. The zero-order valence-electron chi connectivity index (χ0n) is 12.4. The molecule has 3 heterocycles. The lowest BCUT2D eigenvalue weighted by Gasteiger charge is -2.17. The van der Waals surface area contributed by atoms with E-state index < -0.39 is 18.2 Å². The summed E-state index contributed by atoms with van der Waals surface area (Å²) in [5, 5.41) is 12.7. The van der Waals surface area contributed by atoms with E-state index in [9.17, 15) is 14.0 Å². The Hall–Kier alpha value is -2.22. The Kier molecular flexibility index (Phi) is 3.93. The molecule has 122 valence electrons. The SMILES string of the molecule is Cc1oc(-c2ccsc2)nc1CC(=O)N1CCC(F)(C(=O)O)C1. The van der Waals surface area contributed by atoms with Crippen molar-refractivity contribution >= 4 is 23.2 Å². The summed E-state index contributed by atoms with van der Waals surface area (Å²) in [7, 11) is 0. The highest BCUT2D eigenvalue weighted by atomic mass is 32.1. The normalized spacial score (nSPS) is 20.9. The number of likely N-dealkylation sites (tertiary alicyclic amines) is 1. The number of carbonyl (C=O) groups is 2. The highest BCUT2D eigenvalue weighted by Gasteiger charge is 2.46. The van der Waals surface area contributed by atoms with E-state index in [0.717, 1.165) is 5.56 Å². The zero-order valence-corrected chi connectivity index (χ0v) is 13.2. The number of aryl methyl sites for hydroxylation is 1. The number of carboxylic acid groups (broad SMARTS) is 1. The first-order chi connectivity index (χ1) is 10.9. The summed E-state index contributed by atoms with van der Waals surface area (Å²) in [4.78, 5) is 28.7. The average molecular weight is 338 g/mol. The lowest BCUT2D eigenvalue weighted by atomic mass is 10.1. The first-order valence-corrected chi connectivity index (χ1v) is 8.02. The molecule has 1 amide bonds. The van der Waals surface area contributed by atoms with Crippen LogP contribution in [-0.4, -0.2) is 45.6 Å². The fourth-order valence-electron chi connectivity index (χ4n) is 2.52. The molecule has 6 nitrogen and oxygen atoms in total. The van der Waals surface area contributed by atoms with E-state index in [1.807, 2.05) is 16.8 Å². The van der Waals surface area contributed by atoms with Crippen LogP contribution in [0.2, 0.25) is 0 Å². The van der Waals surface area contributed by atoms with E-state index in [0.29, 0.717) is 17.3 Å². The van der Waals surface area contributed by atoms with Crippen LogP contribution in [-0.2, 0) is 16.0 Å². The van der Waals surface area contributed by atoms with Gasteiger partial charge < -0.3 is 14.4 Å². The molecule has 2 aromatic rings. The van der Waals surface area contributed by atoms with Crippen molar-refractivity contribution < 1.29 is 23.5 Å². The number of oxazole rings is 1. The zero-order chi connectivity index (χ0) is 16.6. The molecule has 1 atom stereocenters. The van der Waals surface area contributed by atoms with Gasteiger partial charge >= 0.3 is 5.97 Å². The largest absolute Gasteiger partial charge is 0.479 e. The number of carbonyl (C=O) groups excluding carboxylic acids is 1. The number of rotatable bonds is 4. The van der Waals surface area contributed by atoms with Crippen molar-refractivity contribution in [3.63, 3.8) is 0 Å². The first kappa shape index (κ1) is 15.7. The van der Waals surface area contributed by atoms with E-state index >= 15 is 0 Å². The summed E-state index contributed by atoms with van der Waals surface area (Å²) >= 11 is 1.51. The molecule has 1 N–H and O–H groups in total. The Balaban J connectivity index is 1.71. The number of aliphatic carboxylic acids is 1. The number of aromatic nitrogens is 1. The minimum atomic E-state index is -2.35. The lowest BCUT2D eigenvalue weighted by molar-refractivity contribution is -0.150. The fraction of sp³-hybridized carbons (Fsp3) is 0.400. The van der Waals surface area contributed by atoms with Crippen LogP contribution in [0.25, 0.3) is 11.5 Å². The molecule has 1 unspecified atom stereocenters. The summed E-state index contributed by atoms with van der Waals surface area (Å²) in [6, 6.07) is 1.87. The third-order valence-electron chi connectivity index (χ3n) is 3.93. The molecule has 1 aliphatic rings. The first-order valence-electron chi connectivity index (χ1n) is 7.08. The van der Waals surface area contributed by atoms with E-state index in [1.54, 1.807) is 6.92 Å². The molecular weight excluding hydrogens is 323 g/mol. The molecule has 23 heavy (non-hydrogen) atoms. The topological polar surface area (TPSA) is 83.6 Å². The van der Waals surface area contributed by atoms with Crippen molar-refractivity contribution in [1.82, 2.24) is 9.88 Å². The number of thiophene rings is 1. The number of halogens is 1. The van der Waals surface area contributed by atoms with Crippen LogP contribution in [0.3, 0.4) is 0 Å². The second-order valence-corrected chi connectivity index (χ2v) is 6.33. The molecule has 0 saturated carbocycles. The van der Waals surface area contributed by atoms with Gasteiger partial charge in [0, 0.05) is 23.9 Å². The van der Waals surface area contributed by atoms with Crippen molar-refractivity contribution in [1.29, 1.82) is 0 Å². The summed E-state index contributed by atoms with van der Waals surface area (Å²) in [6.07, 6.45) is -0.221. The number of nitrogens with zero attached hydrogens (tertiary/aromatic N) is 2. The van der Waals surface area contributed by atoms with Gasteiger partial charge in [-0.1, -0.05) is 0 Å². The third-order valence-corrected chi connectivity index (χ3v) is 4.62. The Morgan fingerprint density at radius 3 is 2.96 bits per heavy atom. The maximum absolute atomic E-state index is 14.0. The molecule has 0 aliphatic carbocycles. The van der Waals surface area contributed by atoms with Gasteiger partial charge in [0.1, 0.15) is 5.76 Å². The monoisotopic (exact) mass is 338 g/mol. The molecule has 1 fully saturated rings. The van der Waals surface area contributed by atoms with Gasteiger partial charge in [-0.25, -0.2) is 14.2 Å². The van der Waals surface area contributed by atoms with Crippen LogP contribution >= 0.6 is 11.3 Å². The molecule has 0 spiro atoms. The average Bonchev–Trinajstić information content (AvgIpc) is 3.20. The van der Waals surface area contributed by atoms with Gasteiger partial charge in [-0.2, -0.15) is 11.3 Å². The second-order valence-electron chi connectivity index (χ2n) is 5.55. The van der Waals surface area contributed by atoms with Gasteiger partial charge in [-0.15, -0.1) is 0 Å². The number of amides is 1. The van der Waals surface area contributed by atoms with Crippen molar-refractivity contribution in [2.75, 3.05) is 13.1 Å². The quantitative estimate of drug-likeness (QED) is 0.924. The van der Waals surface area contributed by atoms with Crippen molar-refractivity contribution in [3.05, 3.63) is 28.3 Å². The number of hydrogen-bond donors (Lipinski definition) is 1. The molecule has 0 bridgehead atoms. The predicted molar refractivity (Wildman–Crippen MR) is 80.9 cm³/mol. The van der Waals surface area contributed by atoms with E-state index in [-0.39, 0.29) is 25.3 Å². The predicted octanol–water partition coefficient (Wildman–Crippen LogP) is 2.28. The maximum atomic E-state index is 14.0. The molecule has 0 radical (unpaired) electrons. The van der Waals surface area contributed by atoms with Gasteiger partial charge in [0.25, 0.3) is 0 Å². The van der Waals surface area contributed by atoms with Gasteiger partial charge in [0.2, 0.25) is 17.5 Å². The van der Waals surface area contributed by atoms with E-state index in [4.69, 9.17) is 9.52 Å². The minimum Gasteiger partial charge on any atom is -0.479 e. The van der Waals surface area contributed by atoms with Crippen LogP contribution in [0.5, 0.6) is 0 Å². The van der Waals surface area contributed by atoms with E-state index in [2.05, 4.69) is 4.98 Å². The van der Waals surface area contributed by atoms with Crippen molar-refractivity contribution in [2.45, 2.75) is 25.4 Å². The minimum absolute atomic E-state index is 0.0326. The van der Waals surface area contributed by atoms with Crippen molar-refractivity contribution in [3.8, 4) is 11.5 Å². The molecule has 8 heteroatoms. The highest BCUT2D eigenvalue weighted by Crippen LogP contribution is 2.28. The number of hydrogen-bond acceptors (Lipinski definition) is 5. The van der Waals surface area contributed by atoms with Gasteiger partial charge in [0.15, 0.2) is 0 Å². The standard InChI is InChI=1S/C15H15FN2O4S/c1-9-11(17-13(22-9)10-2-5-23-7-10)6-12(19)18-4-3-15(16,8-18)14(20)21/h2,5,7H,3-4,6,8H2,1H3,(H,20,21). The third kappa shape index (κ3) is 2.98. The second kappa shape index (κ2) is 5.77. The Morgan fingerprint density at radius 1 is 1.57 bits per heavy atom. The van der Waals surface area contributed by atoms with Crippen LogP contribution in [0.15, 0.2) is 21.2 Å². The number of carboxylic acids is 1. The summed E-state index contributed by atoms with van der Waals surface area (Å²) in [5.74, 6) is -0.897. The van der Waals surface area contributed by atoms with Crippen LogP contribution in [0, 0.1) is 6.92 Å². The maximum Gasteiger partial charge on any atom is 0.343 e. The van der Waals surface area contributed by atoms with Gasteiger partial charge in [-0.3, -0.25) is 4.79 Å². The number of alkyl halides is 1. The van der Waals surface area contributed by atoms with Crippen molar-refractivity contribution in [2.24, 2.45) is 0 Å². The highest BCUT2D eigenvalue weighted by molar-refractivity contribution is 7.08. The molecular formula is C15H15FN2O4S. The summed E-state index contributed by atoms with van der Waals surface area (Å²) in [6.45, 7) is 1.39.